The molecule has 1 heterocycles. The highest BCUT2D eigenvalue weighted by Gasteiger charge is 2.30. The van der Waals surface area contributed by atoms with Gasteiger partial charge in [0.05, 0.1) is 37.5 Å². The van der Waals surface area contributed by atoms with Crippen LogP contribution in [0, 0.1) is 5.92 Å². The molecule has 2 aromatic carbocycles. The van der Waals surface area contributed by atoms with Gasteiger partial charge in [-0.25, -0.2) is 0 Å². The van der Waals surface area contributed by atoms with E-state index in [1.54, 1.807) is 12.0 Å². The molecule has 1 aliphatic heterocycles. The zero-order valence-electron chi connectivity index (χ0n) is 25.4. The maximum atomic E-state index is 14.1. The van der Waals surface area contributed by atoms with Crippen molar-refractivity contribution in [2.24, 2.45) is 5.92 Å². The van der Waals surface area contributed by atoms with Crippen molar-refractivity contribution in [2.45, 2.75) is 64.8 Å². The molecule has 1 N–H and O–H groups in total. The minimum Gasteiger partial charge on any atom is -0.497 e. The Balaban J connectivity index is 1.87. The summed E-state index contributed by atoms with van der Waals surface area (Å²) in [7, 11) is 7.69. The predicted octanol–water partition coefficient (Wildman–Crippen LogP) is 4.69. The van der Waals surface area contributed by atoms with Crippen LogP contribution in [0.4, 0.5) is 5.69 Å². The first-order chi connectivity index (χ1) is 19.1. The number of aliphatic hydroxyl groups is 1. The summed E-state index contributed by atoms with van der Waals surface area (Å²) in [5.74, 6) is 1.34. The van der Waals surface area contributed by atoms with Crippen LogP contribution in [0.15, 0.2) is 42.5 Å². The summed E-state index contributed by atoms with van der Waals surface area (Å²) < 4.78 is 18.1. The Labute approximate surface area is 240 Å². The molecule has 1 amide bonds. The molecule has 3 rings (SSSR count). The Bertz CT molecular complexity index is 1060. The monoisotopic (exact) mass is 555 g/mol. The summed E-state index contributed by atoms with van der Waals surface area (Å²) in [6.07, 6.45) is 2.70. The van der Waals surface area contributed by atoms with Gasteiger partial charge in [-0.15, -0.1) is 0 Å². The van der Waals surface area contributed by atoms with Crippen molar-refractivity contribution in [2.75, 3.05) is 59.5 Å². The van der Waals surface area contributed by atoms with Crippen LogP contribution in [0.1, 0.15) is 56.0 Å². The summed E-state index contributed by atoms with van der Waals surface area (Å²) in [6.45, 7) is 8.57. The third-order valence-electron chi connectivity index (χ3n) is 7.65. The van der Waals surface area contributed by atoms with Gasteiger partial charge in [0.1, 0.15) is 11.5 Å². The molecule has 8 nitrogen and oxygen atoms in total. The number of aliphatic hydroxyl groups excluding tert-OH is 1. The lowest BCUT2D eigenvalue weighted by Gasteiger charge is -2.36. The van der Waals surface area contributed by atoms with Crippen LogP contribution in [0.5, 0.6) is 11.5 Å². The van der Waals surface area contributed by atoms with Crippen LogP contribution < -0.4 is 14.4 Å². The van der Waals surface area contributed by atoms with E-state index in [2.05, 4.69) is 31.0 Å². The number of carbonyl (C=O) groups is 1. The molecule has 0 spiro atoms. The maximum absolute atomic E-state index is 14.1. The molecular weight excluding hydrogens is 506 g/mol. The number of rotatable bonds is 8. The average Bonchev–Trinajstić information content (AvgIpc) is 2.94. The van der Waals surface area contributed by atoms with Gasteiger partial charge in [0.2, 0.25) is 0 Å². The van der Waals surface area contributed by atoms with Crippen LogP contribution in [-0.2, 0) is 11.3 Å². The summed E-state index contributed by atoms with van der Waals surface area (Å²) in [5, 5.41) is 10.1. The number of methoxy groups -OCH3 is 1. The largest absolute Gasteiger partial charge is 0.497 e. The first-order valence-electron chi connectivity index (χ1n) is 14.5. The van der Waals surface area contributed by atoms with Crippen molar-refractivity contribution in [3.05, 3.63) is 53.6 Å². The second-order valence-corrected chi connectivity index (χ2v) is 11.4. The molecule has 0 radical (unpaired) electrons. The fourth-order valence-electron chi connectivity index (χ4n) is 5.07. The zero-order chi connectivity index (χ0) is 29.2. The fraction of sp³-hybridized carbons (Fsp3) is 0.594. The summed E-state index contributed by atoms with van der Waals surface area (Å²) in [4.78, 5) is 20.1. The van der Waals surface area contributed by atoms with Crippen molar-refractivity contribution in [3.8, 4) is 11.5 Å². The highest BCUT2D eigenvalue weighted by molar-refractivity contribution is 5.98. The number of hydrogen-bond acceptors (Lipinski definition) is 7. The van der Waals surface area contributed by atoms with Gasteiger partial charge in [-0.3, -0.25) is 9.69 Å². The molecule has 40 heavy (non-hydrogen) atoms. The topological polar surface area (TPSA) is 74.7 Å². The number of hydrogen-bond donors (Lipinski definition) is 1. The fourth-order valence-corrected chi connectivity index (χ4v) is 5.07. The highest BCUT2D eigenvalue weighted by Crippen LogP contribution is 2.29. The van der Waals surface area contributed by atoms with Gasteiger partial charge in [0.15, 0.2) is 0 Å². The normalized spacial score (nSPS) is 21.8. The Morgan fingerprint density at radius 3 is 2.48 bits per heavy atom. The van der Waals surface area contributed by atoms with Gasteiger partial charge >= 0.3 is 0 Å². The predicted molar refractivity (Wildman–Crippen MR) is 161 cm³/mol. The number of benzene rings is 2. The van der Waals surface area contributed by atoms with Crippen molar-refractivity contribution >= 4 is 11.6 Å². The van der Waals surface area contributed by atoms with E-state index in [1.165, 1.54) is 5.56 Å². The highest BCUT2D eigenvalue weighted by atomic mass is 16.5. The number of ether oxygens (including phenoxy) is 3. The van der Waals surface area contributed by atoms with Crippen LogP contribution in [0.3, 0.4) is 0 Å². The second-order valence-electron chi connectivity index (χ2n) is 11.4. The third kappa shape index (κ3) is 8.85. The van der Waals surface area contributed by atoms with E-state index in [0.29, 0.717) is 24.5 Å². The lowest BCUT2D eigenvalue weighted by molar-refractivity contribution is -0.0177. The molecule has 0 aliphatic carbocycles. The number of nitrogens with zero attached hydrogens (tertiary/aromatic N) is 3. The molecule has 0 bridgehead atoms. The minimum atomic E-state index is -0.353. The molecular formula is C32H49N3O5. The van der Waals surface area contributed by atoms with Gasteiger partial charge in [0, 0.05) is 51.9 Å². The Hall–Kier alpha value is -2.81. The van der Waals surface area contributed by atoms with Gasteiger partial charge in [-0.05, 0) is 76.1 Å². The van der Waals surface area contributed by atoms with Gasteiger partial charge in [0.25, 0.3) is 5.91 Å². The molecule has 0 fully saturated rings. The third-order valence-corrected chi connectivity index (χ3v) is 7.65. The molecule has 2 aromatic rings. The van der Waals surface area contributed by atoms with Crippen molar-refractivity contribution in [1.29, 1.82) is 0 Å². The number of anilines is 1. The van der Waals surface area contributed by atoms with E-state index in [-0.39, 0.29) is 36.7 Å². The van der Waals surface area contributed by atoms with Crippen molar-refractivity contribution < 1.29 is 24.1 Å². The number of carbonyl (C=O) groups excluding carboxylic acids is 1. The maximum Gasteiger partial charge on any atom is 0.258 e. The number of fused-ring (bicyclic) bond motifs is 1. The molecule has 0 unspecified atom stereocenters. The standard InChI is InChI=1S/C32H49N3O5/c1-23-19-35(24(2)22-36)32(37)29-18-27(33(4)5)13-16-30(29)40-25(3)10-8-9-17-39-31(23)21-34(6)20-26-11-14-28(38-7)15-12-26/h11-16,18,23-25,31,36H,8-10,17,19-22H2,1-7H3/t23-,24-,25-,31+/m0/s1. The van der Waals surface area contributed by atoms with Crippen LogP contribution >= 0.6 is 0 Å². The number of likely N-dealkylation sites (N-methyl/N-ethyl adjacent to an activating group) is 1. The summed E-state index contributed by atoms with van der Waals surface area (Å²) in [5.41, 5.74) is 2.65. The van der Waals surface area contributed by atoms with Gasteiger partial charge in [-0.2, -0.15) is 0 Å². The van der Waals surface area contributed by atoms with E-state index in [0.717, 1.165) is 43.8 Å². The number of amides is 1. The summed E-state index contributed by atoms with van der Waals surface area (Å²) in [6, 6.07) is 13.5. The van der Waals surface area contributed by atoms with Crippen LogP contribution in [-0.4, -0.2) is 93.6 Å². The minimum absolute atomic E-state index is 0.0336. The van der Waals surface area contributed by atoms with Crippen molar-refractivity contribution in [3.63, 3.8) is 0 Å². The second kappa shape index (κ2) is 15.3. The Morgan fingerprint density at radius 2 is 1.82 bits per heavy atom. The lowest BCUT2D eigenvalue weighted by atomic mass is 10.0. The molecule has 8 heteroatoms. The van der Waals surface area contributed by atoms with E-state index < -0.39 is 0 Å². The van der Waals surface area contributed by atoms with Crippen LogP contribution in [0.25, 0.3) is 0 Å². The van der Waals surface area contributed by atoms with Crippen molar-refractivity contribution in [1.82, 2.24) is 9.80 Å². The van der Waals surface area contributed by atoms with E-state index >= 15 is 0 Å². The summed E-state index contributed by atoms with van der Waals surface area (Å²) >= 11 is 0. The van der Waals surface area contributed by atoms with Crippen LogP contribution in [0.2, 0.25) is 0 Å². The quantitative estimate of drug-likeness (QED) is 0.507. The Kier molecular flexibility index (Phi) is 12.1. The first-order valence-corrected chi connectivity index (χ1v) is 14.5. The van der Waals surface area contributed by atoms with Gasteiger partial charge < -0.3 is 29.1 Å². The van der Waals surface area contributed by atoms with E-state index in [9.17, 15) is 9.90 Å². The molecule has 222 valence electrons. The smallest absolute Gasteiger partial charge is 0.258 e. The zero-order valence-corrected chi connectivity index (χ0v) is 25.4. The van der Waals surface area contributed by atoms with Gasteiger partial charge in [-0.1, -0.05) is 19.1 Å². The average molecular weight is 556 g/mol. The molecule has 0 saturated carbocycles. The molecule has 0 aromatic heterocycles. The molecule has 1 aliphatic rings. The lowest BCUT2D eigenvalue weighted by Crippen LogP contribution is -2.47. The van der Waals surface area contributed by atoms with E-state index in [4.69, 9.17) is 14.2 Å². The molecule has 0 saturated heterocycles. The Morgan fingerprint density at radius 1 is 1.10 bits per heavy atom. The van der Waals surface area contributed by atoms with E-state index in [1.807, 2.05) is 63.2 Å². The molecule has 4 atom stereocenters. The first kappa shape index (κ1) is 31.7. The SMILES string of the molecule is COc1ccc(CN(C)C[C@H]2OCCCC[C@H](C)Oc3ccc(N(C)C)cc3C(=O)N([C@@H](C)CO)C[C@@H]2C)cc1.